The molecule has 7 heteroatoms. The predicted octanol–water partition coefficient (Wildman–Crippen LogP) is 0.756. The summed E-state index contributed by atoms with van der Waals surface area (Å²) in [6.07, 6.45) is 0.467. The molecular formula is C13H16ClN3O3. The van der Waals surface area contributed by atoms with Crippen LogP contribution in [0.25, 0.3) is 0 Å². The van der Waals surface area contributed by atoms with E-state index in [1.807, 2.05) is 0 Å². The molecule has 0 spiro atoms. The van der Waals surface area contributed by atoms with Crippen LogP contribution in [0.4, 0.5) is 5.69 Å². The SMILES string of the molecule is CNC(=O)c1cc(NC(=O)C2(N)CCOC2)ccc1Cl. The quantitative estimate of drug-likeness (QED) is 0.768. The fraction of sp³-hybridized carbons (Fsp3) is 0.385. The molecule has 1 fully saturated rings. The number of ether oxygens (including phenoxy) is 1. The molecular weight excluding hydrogens is 282 g/mol. The van der Waals surface area contributed by atoms with Crippen molar-refractivity contribution in [3.8, 4) is 0 Å². The summed E-state index contributed by atoms with van der Waals surface area (Å²) in [5.41, 5.74) is 5.70. The number of carbonyl (C=O) groups excluding carboxylic acids is 2. The van der Waals surface area contributed by atoms with Gasteiger partial charge < -0.3 is 21.1 Å². The molecule has 1 aromatic carbocycles. The Labute approximate surface area is 121 Å². The van der Waals surface area contributed by atoms with Crippen LogP contribution in [0.5, 0.6) is 0 Å². The van der Waals surface area contributed by atoms with Crippen molar-refractivity contribution in [2.24, 2.45) is 5.73 Å². The van der Waals surface area contributed by atoms with Gasteiger partial charge in [-0.15, -0.1) is 0 Å². The summed E-state index contributed by atoms with van der Waals surface area (Å²) in [7, 11) is 1.51. The van der Waals surface area contributed by atoms with Crippen molar-refractivity contribution in [3.63, 3.8) is 0 Å². The van der Waals surface area contributed by atoms with Gasteiger partial charge in [-0.1, -0.05) is 11.6 Å². The number of rotatable bonds is 3. The van der Waals surface area contributed by atoms with Gasteiger partial charge in [0.2, 0.25) is 5.91 Å². The van der Waals surface area contributed by atoms with Gasteiger partial charge in [0, 0.05) is 19.3 Å². The summed E-state index contributed by atoms with van der Waals surface area (Å²) in [4.78, 5) is 23.8. The van der Waals surface area contributed by atoms with E-state index in [4.69, 9.17) is 22.1 Å². The number of nitrogens with two attached hydrogens (primary N) is 1. The lowest BCUT2D eigenvalue weighted by Gasteiger charge is -2.20. The van der Waals surface area contributed by atoms with Crippen LogP contribution >= 0.6 is 11.6 Å². The molecule has 1 aliphatic rings. The Kier molecular flexibility index (Phi) is 4.27. The maximum Gasteiger partial charge on any atom is 0.252 e. The minimum absolute atomic E-state index is 0.189. The molecule has 1 aromatic rings. The van der Waals surface area contributed by atoms with Crippen molar-refractivity contribution in [2.45, 2.75) is 12.0 Å². The second-order valence-electron chi connectivity index (χ2n) is 4.69. The molecule has 6 nitrogen and oxygen atoms in total. The van der Waals surface area contributed by atoms with E-state index in [0.29, 0.717) is 29.3 Å². The minimum atomic E-state index is -1.02. The van der Waals surface area contributed by atoms with Crippen LogP contribution in [0.2, 0.25) is 5.02 Å². The summed E-state index contributed by atoms with van der Waals surface area (Å²) >= 11 is 5.94. The van der Waals surface area contributed by atoms with E-state index in [0.717, 1.165) is 0 Å². The van der Waals surface area contributed by atoms with E-state index < -0.39 is 5.54 Å². The fourth-order valence-electron chi connectivity index (χ4n) is 1.93. The van der Waals surface area contributed by atoms with Gasteiger partial charge in [-0.2, -0.15) is 0 Å². The zero-order valence-electron chi connectivity index (χ0n) is 11.0. The minimum Gasteiger partial charge on any atom is -0.379 e. The summed E-state index contributed by atoms with van der Waals surface area (Å²) in [5, 5.41) is 5.49. The monoisotopic (exact) mass is 297 g/mol. The first-order chi connectivity index (χ1) is 9.46. The average Bonchev–Trinajstić information content (AvgIpc) is 2.88. The van der Waals surface area contributed by atoms with Gasteiger partial charge in [0.25, 0.3) is 5.91 Å². The number of benzene rings is 1. The maximum absolute atomic E-state index is 12.1. The van der Waals surface area contributed by atoms with E-state index >= 15 is 0 Å². The lowest BCUT2D eigenvalue weighted by molar-refractivity contribution is -0.121. The molecule has 1 heterocycles. The molecule has 20 heavy (non-hydrogen) atoms. The zero-order chi connectivity index (χ0) is 14.8. The molecule has 0 radical (unpaired) electrons. The molecule has 0 bridgehead atoms. The first-order valence-electron chi connectivity index (χ1n) is 6.16. The van der Waals surface area contributed by atoms with Gasteiger partial charge in [-0.05, 0) is 24.6 Å². The van der Waals surface area contributed by atoms with Gasteiger partial charge in [0.05, 0.1) is 17.2 Å². The summed E-state index contributed by atoms with van der Waals surface area (Å²) in [6, 6.07) is 4.68. The molecule has 2 amide bonds. The molecule has 1 unspecified atom stereocenters. The smallest absolute Gasteiger partial charge is 0.252 e. The summed E-state index contributed by atoms with van der Waals surface area (Å²) in [5.74, 6) is -0.655. The van der Waals surface area contributed by atoms with Crippen LogP contribution in [-0.2, 0) is 9.53 Å². The average molecular weight is 298 g/mol. The Bertz CT molecular complexity index is 542. The van der Waals surface area contributed by atoms with Crippen LogP contribution < -0.4 is 16.4 Å². The van der Waals surface area contributed by atoms with Gasteiger partial charge in [-0.3, -0.25) is 9.59 Å². The molecule has 1 atom stereocenters. The van der Waals surface area contributed by atoms with Crippen molar-refractivity contribution < 1.29 is 14.3 Å². The highest BCUT2D eigenvalue weighted by atomic mass is 35.5. The molecule has 4 N–H and O–H groups in total. The number of hydrogen-bond donors (Lipinski definition) is 3. The molecule has 1 aliphatic heterocycles. The lowest BCUT2D eigenvalue weighted by Crippen LogP contribution is -2.51. The standard InChI is InChI=1S/C13H16ClN3O3/c1-16-11(18)9-6-8(2-3-10(9)14)17-12(19)13(15)4-5-20-7-13/h2-3,6H,4-5,7,15H2,1H3,(H,16,18)(H,17,19). The molecule has 0 aliphatic carbocycles. The van der Waals surface area contributed by atoms with Crippen LogP contribution in [0.3, 0.4) is 0 Å². The van der Waals surface area contributed by atoms with Crippen molar-refractivity contribution in [1.29, 1.82) is 0 Å². The topological polar surface area (TPSA) is 93.5 Å². The number of nitrogens with one attached hydrogen (secondary N) is 2. The van der Waals surface area contributed by atoms with Gasteiger partial charge in [0.1, 0.15) is 5.54 Å². The van der Waals surface area contributed by atoms with Gasteiger partial charge in [0.15, 0.2) is 0 Å². The van der Waals surface area contributed by atoms with Crippen LogP contribution in [-0.4, -0.2) is 37.6 Å². The largest absolute Gasteiger partial charge is 0.379 e. The Hall–Kier alpha value is -1.63. The Morgan fingerprint density at radius 1 is 1.45 bits per heavy atom. The van der Waals surface area contributed by atoms with E-state index in [-0.39, 0.29) is 18.4 Å². The number of carbonyl (C=O) groups is 2. The van der Waals surface area contributed by atoms with E-state index in [9.17, 15) is 9.59 Å². The number of halogens is 1. The molecule has 0 saturated carbocycles. The van der Waals surface area contributed by atoms with Crippen LogP contribution in [0.15, 0.2) is 18.2 Å². The highest BCUT2D eigenvalue weighted by Gasteiger charge is 2.38. The van der Waals surface area contributed by atoms with Gasteiger partial charge >= 0.3 is 0 Å². The zero-order valence-corrected chi connectivity index (χ0v) is 11.8. The van der Waals surface area contributed by atoms with E-state index in [2.05, 4.69) is 10.6 Å². The highest BCUT2D eigenvalue weighted by molar-refractivity contribution is 6.34. The second-order valence-corrected chi connectivity index (χ2v) is 5.09. The summed E-state index contributed by atoms with van der Waals surface area (Å²) in [6.45, 7) is 0.656. The Balaban J connectivity index is 2.17. The van der Waals surface area contributed by atoms with Gasteiger partial charge in [-0.25, -0.2) is 0 Å². The van der Waals surface area contributed by atoms with E-state index in [1.54, 1.807) is 12.1 Å². The molecule has 1 saturated heterocycles. The van der Waals surface area contributed by atoms with E-state index in [1.165, 1.54) is 13.1 Å². The Morgan fingerprint density at radius 2 is 2.20 bits per heavy atom. The number of anilines is 1. The van der Waals surface area contributed by atoms with Crippen molar-refractivity contribution in [3.05, 3.63) is 28.8 Å². The highest BCUT2D eigenvalue weighted by Crippen LogP contribution is 2.23. The lowest BCUT2D eigenvalue weighted by atomic mass is 9.99. The molecule has 2 rings (SSSR count). The molecule has 0 aromatic heterocycles. The number of amides is 2. The van der Waals surface area contributed by atoms with Crippen molar-refractivity contribution in [1.82, 2.24) is 5.32 Å². The fourth-order valence-corrected chi connectivity index (χ4v) is 2.13. The third-order valence-electron chi connectivity index (χ3n) is 3.20. The third kappa shape index (κ3) is 2.92. The maximum atomic E-state index is 12.1. The van der Waals surface area contributed by atoms with Crippen LogP contribution in [0, 0.1) is 0 Å². The third-order valence-corrected chi connectivity index (χ3v) is 3.53. The van der Waals surface area contributed by atoms with Crippen molar-refractivity contribution >= 4 is 29.1 Å². The van der Waals surface area contributed by atoms with Crippen molar-refractivity contribution in [2.75, 3.05) is 25.6 Å². The first kappa shape index (κ1) is 14.8. The predicted molar refractivity (Wildman–Crippen MR) is 75.8 cm³/mol. The Morgan fingerprint density at radius 3 is 2.80 bits per heavy atom. The van der Waals surface area contributed by atoms with Crippen LogP contribution in [0.1, 0.15) is 16.8 Å². The second kappa shape index (κ2) is 5.78. The normalized spacial score (nSPS) is 21.6. The first-order valence-corrected chi connectivity index (χ1v) is 6.54. The molecule has 108 valence electrons. The number of hydrogen-bond acceptors (Lipinski definition) is 4. The summed E-state index contributed by atoms with van der Waals surface area (Å²) < 4.78 is 5.15.